The van der Waals surface area contributed by atoms with E-state index in [4.69, 9.17) is 0 Å². The second-order valence-electron chi connectivity index (χ2n) is 4.36. The van der Waals surface area contributed by atoms with Crippen molar-refractivity contribution >= 4 is 11.0 Å². The van der Waals surface area contributed by atoms with Crippen molar-refractivity contribution in [1.29, 1.82) is 0 Å². The van der Waals surface area contributed by atoms with Gasteiger partial charge in [-0.15, -0.1) is 0 Å². The van der Waals surface area contributed by atoms with Crippen LogP contribution in [0.5, 0.6) is 0 Å². The van der Waals surface area contributed by atoms with Gasteiger partial charge in [0.15, 0.2) is 5.65 Å². The quantitative estimate of drug-likeness (QED) is 0.699. The Hall–Kier alpha value is -2.43. The summed E-state index contributed by atoms with van der Waals surface area (Å²) in [6.07, 6.45) is 2.26. The summed E-state index contributed by atoms with van der Waals surface area (Å²) in [4.78, 5) is 17.1. The summed E-state index contributed by atoms with van der Waals surface area (Å²) < 4.78 is 3.29. The Bertz CT molecular complexity index is 786. The first-order chi connectivity index (χ1) is 9.22. The van der Waals surface area contributed by atoms with Gasteiger partial charge in [0.2, 0.25) is 0 Å². The molecule has 0 saturated heterocycles. The van der Waals surface area contributed by atoms with Crippen molar-refractivity contribution in [3.63, 3.8) is 0 Å². The van der Waals surface area contributed by atoms with Crippen molar-refractivity contribution in [2.45, 2.75) is 13.3 Å². The Labute approximate surface area is 110 Å². The molecule has 3 rings (SSSR count). The molecule has 0 saturated carbocycles. The fourth-order valence-corrected chi connectivity index (χ4v) is 2.20. The summed E-state index contributed by atoms with van der Waals surface area (Å²) in [7, 11) is 1.79. The molecule has 96 valence electrons. The SMILES string of the molecule is CCc1nc2c(cnn2C)c(=O)n1-c1ccccc1. The van der Waals surface area contributed by atoms with E-state index in [1.54, 1.807) is 22.5 Å². The summed E-state index contributed by atoms with van der Waals surface area (Å²) in [6.45, 7) is 1.99. The molecule has 0 aliphatic carbocycles. The van der Waals surface area contributed by atoms with Gasteiger partial charge in [-0.2, -0.15) is 5.10 Å². The van der Waals surface area contributed by atoms with Crippen LogP contribution in [0, 0.1) is 0 Å². The third kappa shape index (κ3) is 1.74. The van der Waals surface area contributed by atoms with Crippen LogP contribution in [-0.4, -0.2) is 19.3 Å². The van der Waals surface area contributed by atoms with Crippen LogP contribution in [0.25, 0.3) is 16.7 Å². The summed E-state index contributed by atoms with van der Waals surface area (Å²) in [5, 5.41) is 4.65. The Balaban J connectivity index is 2.41. The number of fused-ring (bicyclic) bond motifs is 1. The smallest absolute Gasteiger partial charge is 0.268 e. The first-order valence-corrected chi connectivity index (χ1v) is 6.21. The zero-order chi connectivity index (χ0) is 13.4. The van der Waals surface area contributed by atoms with Crippen molar-refractivity contribution < 1.29 is 0 Å². The second kappa shape index (κ2) is 4.35. The first-order valence-electron chi connectivity index (χ1n) is 6.21. The van der Waals surface area contributed by atoms with E-state index in [2.05, 4.69) is 10.1 Å². The van der Waals surface area contributed by atoms with Gasteiger partial charge in [-0.05, 0) is 12.1 Å². The van der Waals surface area contributed by atoms with E-state index >= 15 is 0 Å². The van der Waals surface area contributed by atoms with Crippen molar-refractivity contribution in [2.24, 2.45) is 7.05 Å². The number of aromatic nitrogens is 4. The zero-order valence-electron chi connectivity index (χ0n) is 10.9. The van der Waals surface area contributed by atoms with Crippen LogP contribution in [0.2, 0.25) is 0 Å². The Kier molecular flexibility index (Phi) is 2.67. The Morgan fingerprint density at radius 3 is 2.63 bits per heavy atom. The molecule has 0 fully saturated rings. The maximum Gasteiger partial charge on any atom is 0.269 e. The lowest BCUT2D eigenvalue weighted by atomic mass is 10.3. The number of hydrogen-bond donors (Lipinski definition) is 0. The van der Waals surface area contributed by atoms with E-state index in [-0.39, 0.29) is 5.56 Å². The highest BCUT2D eigenvalue weighted by molar-refractivity contribution is 5.73. The molecule has 2 aromatic heterocycles. The van der Waals surface area contributed by atoms with Crippen molar-refractivity contribution in [3.8, 4) is 5.69 Å². The predicted octanol–water partition coefficient (Wildman–Crippen LogP) is 1.68. The normalized spacial score (nSPS) is 11.1. The molecule has 0 unspecified atom stereocenters. The summed E-state index contributed by atoms with van der Waals surface area (Å²) in [6, 6.07) is 9.56. The fourth-order valence-electron chi connectivity index (χ4n) is 2.20. The van der Waals surface area contributed by atoms with Crippen LogP contribution in [0.3, 0.4) is 0 Å². The van der Waals surface area contributed by atoms with Crippen molar-refractivity contribution in [2.75, 3.05) is 0 Å². The number of hydrogen-bond acceptors (Lipinski definition) is 3. The molecular weight excluding hydrogens is 240 g/mol. The van der Waals surface area contributed by atoms with E-state index in [0.29, 0.717) is 17.5 Å². The largest absolute Gasteiger partial charge is 0.269 e. The Morgan fingerprint density at radius 2 is 1.95 bits per heavy atom. The molecule has 5 nitrogen and oxygen atoms in total. The monoisotopic (exact) mass is 254 g/mol. The predicted molar refractivity (Wildman–Crippen MR) is 73.5 cm³/mol. The zero-order valence-corrected chi connectivity index (χ0v) is 10.9. The van der Waals surface area contributed by atoms with Crippen molar-refractivity contribution in [3.05, 3.63) is 52.7 Å². The van der Waals surface area contributed by atoms with Crippen LogP contribution >= 0.6 is 0 Å². The van der Waals surface area contributed by atoms with Gasteiger partial charge in [-0.25, -0.2) is 4.98 Å². The molecule has 2 heterocycles. The van der Waals surface area contributed by atoms with Gasteiger partial charge in [0.25, 0.3) is 5.56 Å². The van der Waals surface area contributed by atoms with Gasteiger partial charge < -0.3 is 0 Å². The lowest BCUT2D eigenvalue weighted by molar-refractivity contribution is 0.767. The molecule has 0 aliphatic rings. The van der Waals surface area contributed by atoms with Crippen LogP contribution in [0.4, 0.5) is 0 Å². The van der Waals surface area contributed by atoms with E-state index in [0.717, 1.165) is 11.5 Å². The number of nitrogens with zero attached hydrogens (tertiary/aromatic N) is 4. The minimum absolute atomic E-state index is 0.0684. The molecular formula is C14H14N4O. The van der Waals surface area contributed by atoms with Gasteiger partial charge in [0, 0.05) is 13.5 Å². The maximum absolute atomic E-state index is 12.6. The van der Waals surface area contributed by atoms with E-state index in [1.165, 1.54) is 0 Å². The van der Waals surface area contributed by atoms with Gasteiger partial charge in [0.1, 0.15) is 11.2 Å². The van der Waals surface area contributed by atoms with Crippen LogP contribution in [0.1, 0.15) is 12.7 Å². The van der Waals surface area contributed by atoms with Crippen LogP contribution < -0.4 is 5.56 Å². The van der Waals surface area contributed by atoms with E-state index in [1.807, 2.05) is 37.3 Å². The number of aryl methyl sites for hydroxylation is 2. The molecule has 5 heteroatoms. The summed E-state index contributed by atoms with van der Waals surface area (Å²) in [5.41, 5.74) is 1.40. The number of para-hydroxylation sites is 1. The number of benzene rings is 1. The molecule has 0 bridgehead atoms. The maximum atomic E-state index is 12.6. The third-order valence-corrected chi connectivity index (χ3v) is 3.16. The standard InChI is InChI=1S/C14H14N4O/c1-3-12-16-13-11(9-15-17(13)2)14(19)18(12)10-7-5-4-6-8-10/h4-9H,3H2,1-2H3. The third-order valence-electron chi connectivity index (χ3n) is 3.16. The van der Waals surface area contributed by atoms with Crippen LogP contribution in [-0.2, 0) is 13.5 Å². The molecule has 0 aliphatic heterocycles. The topological polar surface area (TPSA) is 52.7 Å². The molecule has 3 aromatic rings. The molecule has 1 aromatic carbocycles. The molecule has 19 heavy (non-hydrogen) atoms. The fraction of sp³-hybridized carbons (Fsp3) is 0.214. The molecule has 0 radical (unpaired) electrons. The lowest BCUT2D eigenvalue weighted by Gasteiger charge is -2.11. The second-order valence-corrected chi connectivity index (χ2v) is 4.36. The highest BCUT2D eigenvalue weighted by Crippen LogP contribution is 2.12. The molecule has 0 atom stereocenters. The highest BCUT2D eigenvalue weighted by Gasteiger charge is 2.13. The molecule has 0 amide bonds. The summed E-state index contributed by atoms with van der Waals surface area (Å²) in [5.74, 6) is 0.743. The van der Waals surface area contributed by atoms with Crippen LogP contribution in [0.15, 0.2) is 41.3 Å². The highest BCUT2D eigenvalue weighted by atomic mass is 16.1. The average molecular weight is 254 g/mol. The molecule has 0 N–H and O–H groups in total. The van der Waals surface area contributed by atoms with E-state index < -0.39 is 0 Å². The van der Waals surface area contributed by atoms with Gasteiger partial charge in [-0.3, -0.25) is 14.0 Å². The molecule has 0 spiro atoms. The summed E-state index contributed by atoms with van der Waals surface area (Å²) >= 11 is 0. The van der Waals surface area contributed by atoms with Gasteiger partial charge in [0.05, 0.1) is 11.9 Å². The minimum Gasteiger partial charge on any atom is -0.268 e. The van der Waals surface area contributed by atoms with Gasteiger partial charge >= 0.3 is 0 Å². The van der Waals surface area contributed by atoms with Crippen molar-refractivity contribution in [1.82, 2.24) is 19.3 Å². The first kappa shape index (κ1) is 11.6. The average Bonchev–Trinajstić information content (AvgIpc) is 2.81. The minimum atomic E-state index is -0.0684. The Morgan fingerprint density at radius 1 is 1.21 bits per heavy atom. The van der Waals surface area contributed by atoms with Gasteiger partial charge in [-0.1, -0.05) is 25.1 Å². The lowest BCUT2D eigenvalue weighted by Crippen LogP contribution is -2.23. The number of rotatable bonds is 2. The van der Waals surface area contributed by atoms with E-state index in [9.17, 15) is 4.79 Å².